The second-order valence-electron chi connectivity index (χ2n) is 3.58. The molecular weight excluding hydrogens is 188 g/mol. The van der Waals surface area contributed by atoms with E-state index in [4.69, 9.17) is 5.11 Å². The van der Waals surface area contributed by atoms with E-state index in [1.807, 2.05) is 38.1 Å². The van der Waals surface area contributed by atoms with Crippen molar-refractivity contribution in [3.8, 4) is 0 Å². The second kappa shape index (κ2) is 5.35. The van der Waals surface area contributed by atoms with Gasteiger partial charge in [0.05, 0.1) is 0 Å². The minimum absolute atomic E-state index is 0.482. The van der Waals surface area contributed by atoms with Crippen molar-refractivity contribution in [1.29, 1.82) is 0 Å². The van der Waals surface area contributed by atoms with Crippen molar-refractivity contribution < 1.29 is 9.90 Å². The van der Waals surface area contributed by atoms with Crippen LogP contribution in [0.4, 0.5) is 0 Å². The van der Waals surface area contributed by atoms with Crippen LogP contribution in [0.2, 0.25) is 0 Å². The van der Waals surface area contributed by atoms with Crippen LogP contribution in [0.15, 0.2) is 35.9 Å². The molecule has 1 N–H and O–H groups in total. The number of hydrogen-bond donors (Lipinski definition) is 1. The predicted octanol–water partition coefficient (Wildman–Crippen LogP) is 2.96. The Morgan fingerprint density at radius 2 is 1.93 bits per heavy atom. The maximum Gasteiger partial charge on any atom is 0.331 e. The van der Waals surface area contributed by atoms with Gasteiger partial charge < -0.3 is 5.11 Å². The normalized spacial score (nSPS) is 11.5. The minimum atomic E-state index is -0.815. The summed E-state index contributed by atoms with van der Waals surface area (Å²) in [6.07, 6.45) is 3.05. The predicted molar refractivity (Wildman–Crippen MR) is 60.9 cm³/mol. The Kier molecular flexibility index (Phi) is 4.10. The van der Waals surface area contributed by atoms with Crippen LogP contribution in [0.25, 0.3) is 0 Å². The van der Waals surface area contributed by atoms with Gasteiger partial charge in [0.25, 0.3) is 0 Å². The summed E-state index contributed by atoms with van der Waals surface area (Å²) in [6, 6.07) is 8.13. The Labute approximate surface area is 90.3 Å². The van der Waals surface area contributed by atoms with Crippen LogP contribution in [0, 0.1) is 6.92 Å². The molecule has 0 fully saturated rings. The van der Waals surface area contributed by atoms with E-state index >= 15 is 0 Å². The van der Waals surface area contributed by atoms with E-state index in [0.29, 0.717) is 18.4 Å². The van der Waals surface area contributed by atoms with Crippen molar-refractivity contribution >= 4 is 5.97 Å². The van der Waals surface area contributed by atoms with Gasteiger partial charge in [0.15, 0.2) is 0 Å². The molecule has 0 saturated heterocycles. The SMILES string of the molecule is CCC(=CCc1ccc(C)cc1)C(=O)O. The van der Waals surface area contributed by atoms with Gasteiger partial charge in [0, 0.05) is 5.57 Å². The topological polar surface area (TPSA) is 37.3 Å². The Morgan fingerprint density at radius 3 is 2.40 bits per heavy atom. The van der Waals surface area contributed by atoms with Crippen LogP contribution in [-0.4, -0.2) is 11.1 Å². The zero-order valence-corrected chi connectivity index (χ0v) is 9.16. The molecule has 0 saturated carbocycles. The van der Waals surface area contributed by atoms with Crippen LogP contribution in [0.3, 0.4) is 0 Å². The number of aryl methyl sites for hydroxylation is 1. The third-order valence-corrected chi connectivity index (χ3v) is 2.36. The lowest BCUT2D eigenvalue weighted by molar-refractivity contribution is -0.132. The van der Waals surface area contributed by atoms with E-state index in [1.54, 1.807) is 6.08 Å². The number of benzene rings is 1. The van der Waals surface area contributed by atoms with Gasteiger partial charge in [-0.2, -0.15) is 0 Å². The van der Waals surface area contributed by atoms with E-state index in [-0.39, 0.29) is 0 Å². The summed E-state index contributed by atoms with van der Waals surface area (Å²) in [5.74, 6) is -0.815. The molecule has 0 aliphatic heterocycles. The zero-order valence-electron chi connectivity index (χ0n) is 9.16. The largest absolute Gasteiger partial charge is 0.478 e. The highest BCUT2D eigenvalue weighted by Crippen LogP contribution is 2.08. The fourth-order valence-corrected chi connectivity index (χ4v) is 1.35. The Balaban J connectivity index is 2.70. The molecule has 1 aromatic carbocycles. The number of aliphatic carboxylic acids is 1. The summed E-state index contributed by atoms with van der Waals surface area (Å²) in [5, 5.41) is 8.83. The molecule has 0 heterocycles. The van der Waals surface area contributed by atoms with E-state index in [2.05, 4.69) is 0 Å². The van der Waals surface area contributed by atoms with Crippen molar-refractivity contribution in [2.24, 2.45) is 0 Å². The molecule has 0 aromatic heterocycles. The summed E-state index contributed by atoms with van der Waals surface area (Å²) >= 11 is 0. The number of carboxylic acid groups (broad SMARTS) is 1. The molecule has 2 nitrogen and oxygen atoms in total. The first-order valence-corrected chi connectivity index (χ1v) is 5.11. The van der Waals surface area contributed by atoms with Crippen molar-refractivity contribution in [2.45, 2.75) is 26.7 Å². The van der Waals surface area contributed by atoms with Crippen LogP contribution >= 0.6 is 0 Å². The third-order valence-electron chi connectivity index (χ3n) is 2.36. The average Bonchev–Trinajstić information content (AvgIpc) is 2.21. The first-order valence-electron chi connectivity index (χ1n) is 5.11. The lowest BCUT2D eigenvalue weighted by Gasteiger charge is -2.00. The first kappa shape index (κ1) is 11.5. The summed E-state index contributed by atoms with van der Waals surface area (Å²) in [4.78, 5) is 10.7. The van der Waals surface area contributed by atoms with Crippen LogP contribution in [0.1, 0.15) is 24.5 Å². The summed E-state index contributed by atoms with van der Waals surface area (Å²) in [5.41, 5.74) is 2.85. The van der Waals surface area contributed by atoms with Crippen LogP contribution in [-0.2, 0) is 11.2 Å². The number of hydrogen-bond acceptors (Lipinski definition) is 1. The fourth-order valence-electron chi connectivity index (χ4n) is 1.35. The van der Waals surface area contributed by atoms with Gasteiger partial charge in [-0.25, -0.2) is 4.79 Å². The maximum atomic E-state index is 10.7. The van der Waals surface area contributed by atoms with Gasteiger partial charge in [-0.05, 0) is 25.3 Å². The van der Waals surface area contributed by atoms with Gasteiger partial charge in [-0.15, -0.1) is 0 Å². The molecule has 1 aromatic rings. The van der Waals surface area contributed by atoms with E-state index in [0.717, 1.165) is 5.56 Å². The van der Waals surface area contributed by atoms with Gasteiger partial charge >= 0.3 is 5.97 Å². The zero-order chi connectivity index (χ0) is 11.3. The Morgan fingerprint density at radius 1 is 1.33 bits per heavy atom. The Bertz CT molecular complexity index is 361. The van der Waals surface area contributed by atoms with Crippen molar-refractivity contribution in [3.63, 3.8) is 0 Å². The van der Waals surface area contributed by atoms with Gasteiger partial charge in [0.1, 0.15) is 0 Å². The molecule has 15 heavy (non-hydrogen) atoms. The molecule has 0 aliphatic rings. The standard InChI is InChI=1S/C13H16O2/c1-3-12(13(14)15)9-8-11-6-4-10(2)5-7-11/h4-7,9H,3,8H2,1-2H3,(H,14,15). The highest BCUT2D eigenvalue weighted by Gasteiger charge is 2.02. The molecule has 0 unspecified atom stereocenters. The van der Waals surface area contributed by atoms with Crippen molar-refractivity contribution in [3.05, 3.63) is 47.0 Å². The van der Waals surface area contributed by atoms with Crippen LogP contribution < -0.4 is 0 Å². The summed E-state index contributed by atoms with van der Waals surface area (Å²) in [6.45, 7) is 3.89. The molecule has 0 radical (unpaired) electrons. The Hall–Kier alpha value is -1.57. The molecule has 80 valence electrons. The van der Waals surface area contributed by atoms with E-state index in [9.17, 15) is 4.79 Å². The number of rotatable bonds is 4. The lowest BCUT2D eigenvalue weighted by atomic mass is 10.1. The molecular formula is C13H16O2. The highest BCUT2D eigenvalue weighted by atomic mass is 16.4. The van der Waals surface area contributed by atoms with Crippen molar-refractivity contribution in [1.82, 2.24) is 0 Å². The molecule has 0 bridgehead atoms. The monoisotopic (exact) mass is 204 g/mol. The first-order chi connectivity index (χ1) is 7.13. The van der Waals surface area contributed by atoms with E-state index < -0.39 is 5.97 Å². The summed E-state index contributed by atoms with van der Waals surface area (Å²) < 4.78 is 0. The van der Waals surface area contributed by atoms with Gasteiger partial charge in [-0.3, -0.25) is 0 Å². The molecule has 0 atom stereocenters. The van der Waals surface area contributed by atoms with Crippen LogP contribution in [0.5, 0.6) is 0 Å². The van der Waals surface area contributed by atoms with Gasteiger partial charge in [0.2, 0.25) is 0 Å². The van der Waals surface area contributed by atoms with Gasteiger partial charge in [-0.1, -0.05) is 42.8 Å². The minimum Gasteiger partial charge on any atom is -0.478 e. The lowest BCUT2D eigenvalue weighted by Crippen LogP contribution is -1.99. The molecule has 0 aliphatic carbocycles. The maximum absolute atomic E-state index is 10.7. The average molecular weight is 204 g/mol. The molecule has 0 amide bonds. The number of carbonyl (C=O) groups is 1. The second-order valence-corrected chi connectivity index (χ2v) is 3.58. The number of allylic oxidation sites excluding steroid dienone is 1. The number of carboxylic acids is 1. The summed E-state index contributed by atoms with van der Waals surface area (Å²) in [7, 11) is 0. The molecule has 0 spiro atoms. The highest BCUT2D eigenvalue weighted by molar-refractivity contribution is 5.86. The quantitative estimate of drug-likeness (QED) is 0.765. The van der Waals surface area contributed by atoms with Crippen molar-refractivity contribution in [2.75, 3.05) is 0 Å². The smallest absolute Gasteiger partial charge is 0.331 e. The van der Waals surface area contributed by atoms with E-state index in [1.165, 1.54) is 5.56 Å². The molecule has 1 rings (SSSR count). The molecule has 2 heteroatoms. The third kappa shape index (κ3) is 3.58. The fraction of sp³-hybridized carbons (Fsp3) is 0.308.